The van der Waals surface area contributed by atoms with E-state index in [4.69, 9.17) is 4.74 Å². The molecule has 0 saturated carbocycles. The second-order valence-electron chi connectivity index (χ2n) is 4.12. The smallest absolute Gasteiger partial charge is 0.173 e. The zero-order valence-corrected chi connectivity index (χ0v) is 11.6. The van der Waals surface area contributed by atoms with E-state index in [9.17, 15) is 0 Å². The lowest BCUT2D eigenvalue weighted by Gasteiger charge is -2.08. The monoisotopic (exact) mass is 270 g/mol. The highest BCUT2D eigenvalue weighted by atomic mass is 32.2. The van der Waals surface area contributed by atoms with Crippen LogP contribution in [-0.4, -0.2) is 22.9 Å². The Morgan fingerprint density at radius 2 is 1.79 bits per heavy atom. The maximum absolute atomic E-state index is 5.20. The predicted molar refractivity (Wildman–Crippen MR) is 79.4 cm³/mol. The molecule has 3 aromatic rings. The maximum Gasteiger partial charge on any atom is 0.173 e. The van der Waals surface area contributed by atoms with Gasteiger partial charge < -0.3 is 4.74 Å². The number of rotatable bonds is 3. The number of nitrogens with zero attached hydrogens (tertiary/aromatic N) is 2. The summed E-state index contributed by atoms with van der Waals surface area (Å²) in [4.78, 5) is 4.64. The lowest BCUT2D eigenvalue weighted by atomic mass is 10.2. The Labute approximate surface area is 116 Å². The molecular weight excluding hydrogens is 256 g/mol. The zero-order valence-electron chi connectivity index (χ0n) is 10.8. The number of aromatic nitrogens is 2. The molecule has 0 amide bonds. The maximum atomic E-state index is 5.20. The van der Waals surface area contributed by atoms with E-state index in [0.29, 0.717) is 0 Å². The van der Waals surface area contributed by atoms with Crippen molar-refractivity contribution in [1.29, 1.82) is 0 Å². The summed E-state index contributed by atoms with van der Waals surface area (Å²) in [5, 5.41) is 0.992. The number of hydrogen-bond acceptors (Lipinski definition) is 3. The molecule has 0 radical (unpaired) electrons. The number of hydrogen-bond donors (Lipinski definition) is 0. The Balaban J connectivity index is 2.21. The van der Waals surface area contributed by atoms with E-state index >= 15 is 0 Å². The third-order valence-electron chi connectivity index (χ3n) is 3.04. The number of ether oxygens (including phenoxy) is 1. The van der Waals surface area contributed by atoms with Gasteiger partial charge in [0.15, 0.2) is 5.16 Å². The van der Waals surface area contributed by atoms with E-state index in [1.807, 2.05) is 48.7 Å². The predicted octanol–water partition coefficient (Wildman–Crippen LogP) is 3.76. The Hall–Kier alpha value is -1.94. The van der Waals surface area contributed by atoms with E-state index < -0.39 is 0 Å². The van der Waals surface area contributed by atoms with Gasteiger partial charge in [0.25, 0.3) is 0 Å². The number of para-hydroxylation sites is 2. The molecule has 0 bridgehead atoms. The van der Waals surface area contributed by atoms with Crippen LogP contribution >= 0.6 is 11.8 Å². The van der Waals surface area contributed by atoms with Gasteiger partial charge in [0.1, 0.15) is 5.75 Å². The first-order chi connectivity index (χ1) is 9.33. The van der Waals surface area contributed by atoms with Crippen LogP contribution in [-0.2, 0) is 0 Å². The van der Waals surface area contributed by atoms with E-state index in [1.165, 1.54) is 0 Å². The first-order valence-electron chi connectivity index (χ1n) is 5.99. The summed E-state index contributed by atoms with van der Waals surface area (Å²) in [6.45, 7) is 0. The van der Waals surface area contributed by atoms with Crippen molar-refractivity contribution >= 4 is 22.8 Å². The second-order valence-corrected chi connectivity index (χ2v) is 4.89. The van der Waals surface area contributed by atoms with Crippen LogP contribution in [0.2, 0.25) is 0 Å². The molecule has 1 heterocycles. The fourth-order valence-corrected chi connectivity index (χ4v) is 2.70. The minimum absolute atomic E-state index is 0.860. The summed E-state index contributed by atoms with van der Waals surface area (Å²) in [6, 6.07) is 16.2. The molecule has 0 aliphatic carbocycles. The number of thioether (sulfide) groups is 1. The van der Waals surface area contributed by atoms with Gasteiger partial charge in [-0.1, -0.05) is 23.9 Å². The Kier molecular flexibility index (Phi) is 3.17. The van der Waals surface area contributed by atoms with E-state index in [0.717, 1.165) is 27.6 Å². The van der Waals surface area contributed by atoms with Crippen LogP contribution in [0.3, 0.4) is 0 Å². The molecule has 0 N–H and O–H groups in total. The van der Waals surface area contributed by atoms with Crippen molar-refractivity contribution in [3.63, 3.8) is 0 Å². The second kappa shape index (κ2) is 4.97. The van der Waals surface area contributed by atoms with E-state index in [2.05, 4.69) is 15.6 Å². The van der Waals surface area contributed by atoms with Gasteiger partial charge >= 0.3 is 0 Å². The highest BCUT2D eigenvalue weighted by Crippen LogP contribution is 2.27. The van der Waals surface area contributed by atoms with Gasteiger partial charge in [-0.3, -0.25) is 4.57 Å². The average Bonchev–Trinajstić information content (AvgIpc) is 2.86. The molecule has 0 atom stereocenters. The third kappa shape index (κ3) is 2.08. The summed E-state index contributed by atoms with van der Waals surface area (Å²) in [6.07, 6.45) is 2.04. The molecule has 0 aliphatic rings. The normalized spacial score (nSPS) is 10.8. The Morgan fingerprint density at radius 1 is 1.05 bits per heavy atom. The molecule has 96 valence electrons. The molecular formula is C15H14N2OS. The van der Waals surface area contributed by atoms with Crippen molar-refractivity contribution in [3.05, 3.63) is 48.5 Å². The summed E-state index contributed by atoms with van der Waals surface area (Å²) < 4.78 is 7.37. The summed E-state index contributed by atoms with van der Waals surface area (Å²) in [5.41, 5.74) is 3.23. The first-order valence-corrected chi connectivity index (χ1v) is 7.22. The van der Waals surface area contributed by atoms with Crippen LogP contribution in [0.15, 0.2) is 53.7 Å². The molecule has 3 rings (SSSR count). The molecule has 4 heteroatoms. The quantitative estimate of drug-likeness (QED) is 0.678. The van der Waals surface area contributed by atoms with Crippen LogP contribution in [0.1, 0.15) is 0 Å². The van der Waals surface area contributed by atoms with Gasteiger partial charge in [0, 0.05) is 5.69 Å². The SMILES string of the molecule is COc1ccc(-n2c(SC)nc3ccccc32)cc1. The molecule has 0 spiro atoms. The highest BCUT2D eigenvalue weighted by Gasteiger charge is 2.10. The molecule has 19 heavy (non-hydrogen) atoms. The summed E-state index contributed by atoms with van der Waals surface area (Å²) in [7, 11) is 1.68. The van der Waals surface area contributed by atoms with Crippen LogP contribution in [0.4, 0.5) is 0 Å². The highest BCUT2D eigenvalue weighted by molar-refractivity contribution is 7.98. The largest absolute Gasteiger partial charge is 0.497 e. The lowest BCUT2D eigenvalue weighted by Crippen LogP contribution is -1.95. The Morgan fingerprint density at radius 3 is 2.47 bits per heavy atom. The standard InChI is InChI=1S/C15H14N2OS/c1-18-12-9-7-11(8-10-12)17-14-6-4-3-5-13(14)16-15(17)19-2/h3-10H,1-2H3. The molecule has 3 nitrogen and oxygen atoms in total. The van der Waals surface area contributed by atoms with Crippen LogP contribution in [0.25, 0.3) is 16.7 Å². The van der Waals surface area contributed by atoms with Crippen LogP contribution < -0.4 is 4.74 Å². The number of methoxy groups -OCH3 is 1. The molecule has 0 unspecified atom stereocenters. The Bertz CT molecular complexity index is 704. The van der Waals surface area contributed by atoms with Crippen molar-refractivity contribution in [3.8, 4) is 11.4 Å². The van der Waals surface area contributed by atoms with Crippen LogP contribution in [0.5, 0.6) is 5.75 Å². The fourth-order valence-electron chi connectivity index (χ4n) is 2.12. The number of fused-ring (bicyclic) bond motifs is 1. The van der Waals surface area contributed by atoms with Crippen molar-refractivity contribution in [2.24, 2.45) is 0 Å². The van der Waals surface area contributed by atoms with Crippen LogP contribution in [0, 0.1) is 0 Å². The van der Waals surface area contributed by atoms with E-state index in [1.54, 1.807) is 18.9 Å². The van der Waals surface area contributed by atoms with E-state index in [-0.39, 0.29) is 0 Å². The van der Waals surface area contributed by atoms with Gasteiger partial charge in [-0.05, 0) is 42.7 Å². The van der Waals surface area contributed by atoms with Gasteiger partial charge in [-0.15, -0.1) is 0 Å². The molecule has 0 fully saturated rings. The molecule has 2 aromatic carbocycles. The third-order valence-corrected chi connectivity index (χ3v) is 3.68. The minimum atomic E-state index is 0.860. The van der Waals surface area contributed by atoms with Gasteiger partial charge in [-0.2, -0.15) is 0 Å². The number of benzene rings is 2. The van der Waals surface area contributed by atoms with Crippen molar-refractivity contribution in [2.45, 2.75) is 5.16 Å². The van der Waals surface area contributed by atoms with Crippen molar-refractivity contribution in [1.82, 2.24) is 9.55 Å². The summed E-state index contributed by atoms with van der Waals surface area (Å²) >= 11 is 1.65. The molecule has 0 aliphatic heterocycles. The van der Waals surface area contributed by atoms with Crippen molar-refractivity contribution in [2.75, 3.05) is 13.4 Å². The minimum Gasteiger partial charge on any atom is -0.497 e. The lowest BCUT2D eigenvalue weighted by molar-refractivity contribution is 0.414. The van der Waals surface area contributed by atoms with Gasteiger partial charge in [-0.25, -0.2) is 4.98 Å². The average molecular weight is 270 g/mol. The number of imidazole rings is 1. The van der Waals surface area contributed by atoms with Crippen molar-refractivity contribution < 1.29 is 4.74 Å². The zero-order chi connectivity index (χ0) is 13.2. The van der Waals surface area contributed by atoms with Gasteiger partial charge in [0.05, 0.1) is 18.1 Å². The first kappa shape index (κ1) is 12.1. The summed E-state index contributed by atoms with van der Waals surface area (Å²) in [5.74, 6) is 0.860. The molecule has 1 aromatic heterocycles. The fraction of sp³-hybridized carbons (Fsp3) is 0.133. The topological polar surface area (TPSA) is 27.1 Å². The van der Waals surface area contributed by atoms with Gasteiger partial charge in [0.2, 0.25) is 0 Å². The molecule has 0 saturated heterocycles.